The molecule has 0 radical (unpaired) electrons. The summed E-state index contributed by atoms with van der Waals surface area (Å²) in [5, 5.41) is 3.73. The van der Waals surface area contributed by atoms with Crippen LogP contribution in [0.4, 0.5) is 0 Å². The van der Waals surface area contributed by atoms with Crippen LogP contribution in [0.3, 0.4) is 0 Å². The maximum atomic E-state index is 5.62. The number of benzene rings is 2. The molecule has 3 rings (SSSR count). The molecule has 5 nitrogen and oxygen atoms in total. The van der Waals surface area contributed by atoms with Crippen molar-refractivity contribution in [1.82, 2.24) is 10.2 Å². The predicted molar refractivity (Wildman–Crippen MR) is 119 cm³/mol. The number of rotatable bonds is 8. The summed E-state index contributed by atoms with van der Waals surface area (Å²) in [6, 6.07) is 16.7. The molecule has 1 aliphatic heterocycles. The minimum atomic E-state index is 0.00672. The first-order chi connectivity index (χ1) is 14.2. The Morgan fingerprint density at radius 3 is 1.76 bits per heavy atom. The molecule has 29 heavy (non-hydrogen) atoms. The summed E-state index contributed by atoms with van der Waals surface area (Å²) in [5.74, 6) is 2.77. The van der Waals surface area contributed by atoms with E-state index in [1.165, 1.54) is 24.0 Å². The van der Waals surface area contributed by atoms with E-state index in [1.807, 2.05) is 38.1 Å². The largest absolute Gasteiger partial charge is 0.494 e. The Hall–Kier alpha value is -2.69. The van der Waals surface area contributed by atoms with Gasteiger partial charge in [0.2, 0.25) is 0 Å². The lowest BCUT2D eigenvalue weighted by molar-refractivity contribution is 0.340. The minimum absolute atomic E-state index is 0.00672. The molecule has 2 aromatic rings. The van der Waals surface area contributed by atoms with Crippen molar-refractivity contribution < 1.29 is 9.47 Å². The zero-order chi connectivity index (χ0) is 20.5. The molecule has 1 heterocycles. The van der Waals surface area contributed by atoms with Crippen molar-refractivity contribution in [3.05, 3.63) is 59.7 Å². The van der Waals surface area contributed by atoms with Gasteiger partial charge >= 0.3 is 0 Å². The fourth-order valence-corrected chi connectivity index (χ4v) is 3.65. The molecule has 0 atom stereocenters. The van der Waals surface area contributed by atoms with Gasteiger partial charge in [0.1, 0.15) is 11.5 Å². The molecule has 0 amide bonds. The summed E-state index contributed by atoms with van der Waals surface area (Å²) in [6.45, 7) is 10.3. The van der Waals surface area contributed by atoms with Crippen LogP contribution in [0.1, 0.15) is 50.8 Å². The van der Waals surface area contributed by atoms with E-state index in [0.29, 0.717) is 13.2 Å². The maximum absolute atomic E-state index is 5.62. The molecule has 0 aliphatic carbocycles. The van der Waals surface area contributed by atoms with Crippen molar-refractivity contribution >= 4 is 5.96 Å². The van der Waals surface area contributed by atoms with Gasteiger partial charge in [0, 0.05) is 19.6 Å². The highest BCUT2D eigenvalue weighted by atomic mass is 16.5. The van der Waals surface area contributed by atoms with Crippen molar-refractivity contribution in [2.45, 2.75) is 39.7 Å². The summed E-state index contributed by atoms with van der Waals surface area (Å²) in [7, 11) is 0. The smallest absolute Gasteiger partial charge is 0.194 e. The number of hydrogen-bond acceptors (Lipinski definition) is 3. The molecule has 0 aromatic heterocycles. The van der Waals surface area contributed by atoms with E-state index < -0.39 is 0 Å². The number of likely N-dealkylation sites (tertiary alicyclic amines) is 1. The molecule has 0 bridgehead atoms. The van der Waals surface area contributed by atoms with Gasteiger partial charge in [-0.15, -0.1) is 0 Å². The van der Waals surface area contributed by atoms with E-state index in [2.05, 4.69) is 41.4 Å². The van der Waals surface area contributed by atoms with E-state index in [9.17, 15) is 0 Å². The van der Waals surface area contributed by atoms with E-state index in [-0.39, 0.29) is 6.04 Å². The monoisotopic (exact) mass is 395 g/mol. The number of guanidine groups is 1. The second kappa shape index (κ2) is 10.7. The van der Waals surface area contributed by atoms with Gasteiger partial charge < -0.3 is 19.7 Å². The lowest BCUT2D eigenvalue weighted by atomic mass is 9.98. The van der Waals surface area contributed by atoms with Crippen molar-refractivity contribution in [2.24, 2.45) is 4.99 Å². The first-order valence-electron chi connectivity index (χ1n) is 10.8. The fourth-order valence-electron chi connectivity index (χ4n) is 3.65. The zero-order valence-electron chi connectivity index (χ0n) is 17.9. The fraction of sp³-hybridized carbons (Fsp3) is 0.458. The van der Waals surface area contributed by atoms with Gasteiger partial charge in [-0.25, -0.2) is 0 Å². The standard InChI is InChI=1S/C24H33N3O2/c1-4-25-24(27-17-7-8-18-27)26-23(19-9-13-21(14-10-19)28-5-2)20-11-15-22(16-12-20)29-6-3/h9-16,23H,4-8,17-18H2,1-3H3,(H,25,26). The zero-order valence-corrected chi connectivity index (χ0v) is 17.9. The van der Waals surface area contributed by atoms with E-state index in [1.54, 1.807) is 0 Å². The summed E-state index contributed by atoms with van der Waals surface area (Å²) in [5.41, 5.74) is 2.36. The molecule has 1 fully saturated rings. The third-order valence-corrected chi connectivity index (χ3v) is 5.04. The number of hydrogen-bond donors (Lipinski definition) is 1. The topological polar surface area (TPSA) is 46.1 Å². The van der Waals surface area contributed by atoms with Gasteiger partial charge in [0.25, 0.3) is 0 Å². The van der Waals surface area contributed by atoms with Crippen molar-refractivity contribution in [2.75, 3.05) is 32.8 Å². The third kappa shape index (κ3) is 5.66. The van der Waals surface area contributed by atoms with Crippen LogP contribution in [0.15, 0.2) is 53.5 Å². The SMILES string of the molecule is CCN=C(NC(c1ccc(OCC)cc1)c1ccc(OCC)cc1)N1CCCC1. The lowest BCUT2D eigenvalue weighted by Crippen LogP contribution is -2.42. The van der Waals surface area contributed by atoms with Crippen LogP contribution in [0.25, 0.3) is 0 Å². The van der Waals surface area contributed by atoms with E-state index in [4.69, 9.17) is 14.5 Å². The normalized spacial score (nSPS) is 14.3. The second-order valence-corrected chi connectivity index (χ2v) is 7.07. The second-order valence-electron chi connectivity index (χ2n) is 7.07. The lowest BCUT2D eigenvalue weighted by Gasteiger charge is -2.27. The molecule has 0 spiro atoms. The van der Waals surface area contributed by atoms with Crippen LogP contribution in [0.5, 0.6) is 11.5 Å². The highest BCUT2D eigenvalue weighted by molar-refractivity contribution is 5.81. The number of nitrogens with one attached hydrogen (secondary N) is 1. The van der Waals surface area contributed by atoms with Crippen molar-refractivity contribution in [1.29, 1.82) is 0 Å². The quantitative estimate of drug-likeness (QED) is 0.523. The van der Waals surface area contributed by atoms with Gasteiger partial charge in [-0.05, 0) is 69.0 Å². The minimum Gasteiger partial charge on any atom is -0.494 e. The molecule has 0 saturated carbocycles. The summed E-state index contributed by atoms with van der Waals surface area (Å²) < 4.78 is 11.2. The van der Waals surface area contributed by atoms with Crippen LogP contribution >= 0.6 is 0 Å². The Labute approximate surface area is 174 Å². The number of ether oxygens (including phenoxy) is 2. The van der Waals surface area contributed by atoms with Gasteiger partial charge in [-0.2, -0.15) is 0 Å². The molecule has 2 aromatic carbocycles. The average molecular weight is 396 g/mol. The van der Waals surface area contributed by atoms with Crippen molar-refractivity contribution in [3.8, 4) is 11.5 Å². The highest BCUT2D eigenvalue weighted by Crippen LogP contribution is 2.27. The van der Waals surface area contributed by atoms with Crippen LogP contribution in [-0.4, -0.2) is 43.7 Å². The van der Waals surface area contributed by atoms with Gasteiger partial charge in [0.15, 0.2) is 5.96 Å². The van der Waals surface area contributed by atoms with Crippen LogP contribution in [-0.2, 0) is 0 Å². The Bertz CT molecular complexity index is 716. The van der Waals surface area contributed by atoms with Crippen LogP contribution < -0.4 is 14.8 Å². The molecule has 156 valence electrons. The number of nitrogens with zero attached hydrogens (tertiary/aromatic N) is 2. The molecule has 1 aliphatic rings. The third-order valence-electron chi connectivity index (χ3n) is 5.04. The van der Waals surface area contributed by atoms with Gasteiger partial charge in [0.05, 0.1) is 19.3 Å². The summed E-state index contributed by atoms with van der Waals surface area (Å²) >= 11 is 0. The molecular weight excluding hydrogens is 362 g/mol. The summed E-state index contributed by atoms with van der Waals surface area (Å²) in [4.78, 5) is 7.13. The average Bonchev–Trinajstić information content (AvgIpc) is 3.28. The molecule has 1 saturated heterocycles. The van der Waals surface area contributed by atoms with E-state index >= 15 is 0 Å². The predicted octanol–water partition coefficient (Wildman–Crippen LogP) is 4.63. The van der Waals surface area contributed by atoms with Crippen LogP contribution in [0.2, 0.25) is 0 Å². The Morgan fingerprint density at radius 2 is 1.34 bits per heavy atom. The molecular formula is C24H33N3O2. The Morgan fingerprint density at radius 1 is 0.862 bits per heavy atom. The van der Waals surface area contributed by atoms with E-state index in [0.717, 1.165) is 37.1 Å². The first kappa shape index (κ1) is 21.0. The molecule has 5 heteroatoms. The van der Waals surface area contributed by atoms with Gasteiger partial charge in [-0.3, -0.25) is 4.99 Å². The Kier molecular flexibility index (Phi) is 7.79. The maximum Gasteiger partial charge on any atom is 0.194 e. The molecule has 1 N–H and O–H groups in total. The summed E-state index contributed by atoms with van der Waals surface area (Å²) in [6.07, 6.45) is 2.45. The van der Waals surface area contributed by atoms with Crippen molar-refractivity contribution in [3.63, 3.8) is 0 Å². The van der Waals surface area contributed by atoms with Gasteiger partial charge in [-0.1, -0.05) is 24.3 Å². The first-order valence-corrected chi connectivity index (χ1v) is 10.8. The number of aliphatic imine (C=N–C) groups is 1. The Balaban J connectivity index is 1.90. The van der Waals surface area contributed by atoms with Crippen LogP contribution in [0, 0.1) is 0 Å². The highest BCUT2D eigenvalue weighted by Gasteiger charge is 2.21. The molecule has 0 unspecified atom stereocenters.